The topological polar surface area (TPSA) is 67.8 Å². The summed E-state index contributed by atoms with van der Waals surface area (Å²) in [6.07, 6.45) is 6.86. The number of fused-ring (bicyclic) bond motifs is 4. The Morgan fingerprint density at radius 1 is 1.09 bits per heavy atom. The van der Waals surface area contributed by atoms with Crippen LogP contribution in [0.5, 0.6) is 0 Å². The van der Waals surface area contributed by atoms with Gasteiger partial charge < -0.3 is 10.1 Å². The van der Waals surface area contributed by atoms with Crippen LogP contribution < -0.4 is 5.32 Å². The van der Waals surface area contributed by atoms with E-state index in [2.05, 4.69) is 9.71 Å². The van der Waals surface area contributed by atoms with Gasteiger partial charge in [-0.15, -0.1) is 4.40 Å². The quantitative estimate of drug-likeness (QED) is 0.802. The van der Waals surface area contributed by atoms with E-state index in [-0.39, 0.29) is 17.7 Å². The van der Waals surface area contributed by atoms with Crippen molar-refractivity contribution in [1.29, 1.82) is 0 Å². The Kier molecular flexibility index (Phi) is 3.23. The highest BCUT2D eigenvalue weighted by Gasteiger charge is 2.51. The molecule has 0 unspecified atom stereocenters. The third-order valence-corrected chi connectivity index (χ3v) is 7.75. The zero-order chi connectivity index (χ0) is 15.4. The lowest BCUT2D eigenvalue weighted by molar-refractivity contribution is -0.00505. The fraction of sp³-hybridized carbons (Fsp3) is 0.933. The van der Waals surface area contributed by atoms with Crippen molar-refractivity contribution in [2.24, 2.45) is 4.40 Å². The summed E-state index contributed by atoms with van der Waals surface area (Å²) >= 11 is 0. The predicted molar refractivity (Wildman–Crippen MR) is 80.9 cm³/mol. The van der Waals surface area contributed by atoms with Crippen molar-refractivity contribution in [3.8, 4) is 0 Å². The largest absolute Gasteiger partial charge is 0.460 e. The number of hydrogen-bond donors (Lipinski definition) is 1. The molecule has 0 aromatic heterocycles. The van der Waals surface area contributed by atoms with Crippen molar-refractivity contribution in [2.75, 3.05) is 0 Å². The van der Waals surface area contributed by atoms with Crippen molar-refractivity contribution in [2.45, 2.75) is 86.8 Å². The minimum Gasteiger partial charge on any atom is -0.460 e. The van der Waals surface area contributed by atoms with E-state index < -0.39 is 20.9 Å². The Balaban J connectivity index is 1.55. The molecule has 5 rings (SSSR count). The van der Waals surface area contributed by atoms with Crippen molar-refractivity contribution < 1.29 is 17.5 Å². The monoisotopic (exact) mass is 330 g/mol. The van der Waals surface area contributed by atoms with Crippen molar-refractivity contribution in [3.05, 3.63) is 0 Å². The number of alkyl halides is 1. The second-order valence-corrected chi connectivity index (χ2v) is 9.26. The maximum absolute atomic E-state index is 14.2. The SMILES string of the molecule is O=S1(=O)N=C(NC23CCC(F)(CC2)CC3)O[C@H]2CCCC[C@H]21. The molecular formula is C15H23FN2O3S. The van der Waals surface area contributed by atoms with E-state index in [1.165, 1.54) is 0 Å². The van der Waals surface area contributed by atoms with Gasteiger partial charge in [-0.25, -0.2) is 12.8 Å². The van der Waals surface area contributed by atoms with Crippen LogP contribution in [0.25, 0.3) is 0 Å². The second-order valence-electron chi connectivity index (χ2n) is 7.45. The van der Waals surface area contributed by atoms with E-state index in [4.69, 9.17) is 4.74 Å². The van der Waals surface area contributed by atoms with Crippen LogP contribution in [0, 0.1) is 0 Å². The molecule has 4 aliphatic carbocycles. The Bertz CT molecular complexity index is 579. The van der Waals surface area contributed by atoms with Crippen LogP contribution in [0.15, 0.2) is 4.40 Å². The molecule has 0 amide bonds. The van der Waals surface area contributed by atoms with E-state index in [0.717, 1.165) is 38.5 Å². The van der Waals surface area contributed by atoms with Crippen molar-refractivity contribution in [1.82, 2.24) is 5.32 Å². The van der Waals surface area contributed by atoms with Crippen LogP contribution in [-0.2, 0) is 14.8 Å². The molecule has 5 aliphatic rings. The number of halogens is 1. The van der Waals surface area contributed by atoms with Crippen molar-refractivity contribution in [3.63, 3.8) is 0 Å². The Morgan fingerprint density at radius 3 is 2.41 bits per heavy atom. The zero-order valence-electron chi connectivity index (χ0n) is 12.7. The molecule has 1 heterocycles. The molecule has 4 fully saturated rings. The number of nitrogens with zero attached hydrogens (tertiary/aromatic N) is 1. The summed E-state index contributed by atoms with van der Waals surface area (Å²) in [6.45, 7) is 0. The molecule has 22 heavy (non-hydrogen) atoms. The number of nitrogens with one attached hydrogen (secondary N) is 1. The maximum Gasteiger partial charge on any atom is 0.301 e. The zero-order valence-corrected chi connectivity index (χ0v) is 13.5. The van der Waals surface area contributed by atoms with Crippen molar-refractivity contribution >= 4 is 16.0 Å². The number of hydrogen-bond acceptors (Lipinski definition) is 4. The Labute approximate surface area is 130 Å². The molecule has 0 saturated heterocycles. The highest BCUT2D eigenvalue weighted by molar-refractivity contribution is 7.91. The fourth-order valence-corrected chi connectivity index (χ4v) is 5.99. The van der Waals surface area contributed by atoms with Gasteiger partial charge in [0.1, 0.15) is 17.0 Å². The minimum absolute atomic E-state index is 0.149. The molecular weight excluding hydrogens is 307 g/mol. The lowest BCUT2D eigenvalue weighted by Crippen LogP contribution is -2.59. The van der Waals surface area contributed by atoms with Gasteiger partial charge in [0.25, 0.3) is 10.0 Å². The molecule has 0 aromatic rings. The molecule has 7 heteroatoms. The first-order valence-corrected chi connectivity index (χ1v) is 9.88. The van der Waals surface area contributed by atoms with Gasteiger partial charge in [-0.1, -0.05) is 6.42 Å². The number of rotatable bonds is 1. The number of ether oxygens (including phenoxy) is 1. The predicted octanol–water partition coefficient (Wildman–Crippen LogP) is 2.42. The first-order valence-electron chi connectivity index (χ1n) is 8.38. The second kappa shape index (κ2) is 4.82. The average molecular weight is 330 g/mol. The molecule has 0 spiro atoms. The summed E-state index contributed by atoms with van der Waals surface area (Å²) in [5.41, 5.74) is -1.23. The Morgan fingerprint density at radius 2 is 1.73 bits per heavy atom. The highest BCUT2D eigenvalue weighted by atomic mass is 32.2. The standard InChI is InChI=1S/C15H23FN2O3S/c16-14-5-8-15(9-6-14,10-7-14)17-13-18-22(19,20)12-4-2-1-3-11(12)21-13/h11-12H,1-10H2,(H,17,18)/t11-,12+,14?,15?/m0/s1. The summed E-state index contributed by atoms with van der Waals surface area (Å²) in [5, 5.41) is 2.76. The summed E-state index contributed by atoms with van der Waals surface area (Å²) in [5.74, 6) is 0. The van der Waals surface area contributed by atoms with Crippen LogP contribution in [0.4, 0.5) is 4.39 Å². The lowest BCUT2D eigenvalue weighted by Gasteiger charge is -2.50. The molecule has 0 radical (unpaired) electrons. The van der Waals surface area contributed by atoms with Crippen LogP contribution in [0.1, 0.15) is 64.2 Å². The smallest absolute Gasteiger partial charge is 0.301 e. The van der Waals surface area contributed by atoms with Crippen LogP contribution in [-0.4, -0.2) is 37.0 Å². The van der Waals surface area contributed by atoms with Crippen LogP contribution in [0.3, 0.4) is 0 Å². The average Bonchev–Trinajstić information content (AvgIpc) is 2.48. The summed E-state index contributed by atoms with van der Waals surface area (Å²) in [7, 11) is -3.49. The van der Waals surface area contributed by atoms with Gasteiger partial charge >= 0.3 is 6.02 Å². The van der Waals surface area contributed by atoms with E-state index in [9.17, 15) is 12.8 Å². The summed E-state index contributed by atoms with van der Waals surface area (Å²) < 4.78 is 48.7. The molecule has 0 aromatic carbocycles. The van der Waals surface area contributed by atoms with E-state index >= 15 is 0 Å². The van der Waals surface area contributed by atoms with Gasteiger partial charge in [-0.3, -0.25) is 0 Å². The van der Waals surface area contributed by atoms with Gasteiger partial charge in [0, 0.05) is 5.54 Å². The minimum atomic E-state index is -3.49. The van der Waals surface area contributed by atoms with E-state index in [1.54, 1.807) is 0 Å². The molecule has 1 aliphatic heterocycles. The summed E-state index contributed by atoms with van der Waals surface area (Å²) in [4.78, 5) is 0. The van der Waals surface area contributed by atoms with Gasteiger partial charge in [-0.05, 0) is 57.8 Å². The number of amidine groups is 1. The van der Waals surface area contributed by atoms with Crippen LogP contribution >= 0.6 is 0 Å². The molecule has 2 bridgehead atoms. The normalized spacial score (nSPS) is 46.3. The first kappa shape index (κ1) is 14.7. The molecule has 2 atom stereocenters. The van der Waals surface area contributed by atoms with Gasteiger partial charge in [0.15, 0.2) is 0 Å². The molecule has 5 nitrogen and oxygen atoms in total. The first-order chi connectivity index (χ1) is 10.4. The van der Waals surface area contributed by atoms with E-state index in [0.29, 0.717) is 25.7 Å². The molecule has 124 valence electrons. The third kappa shape index (κ3) is 2.41. The lowest BCUT2D eigenvalue weighted by atomic mass is 9.64. The highest BCUT2D eigenvalue weighted by Crippen LogP contribution is 2.49. The Hall–Kier alpha value is -0.850. The third-order valence-electron chi connectivity index (χ3n) is 6.02. The van der Waals surface area contributed by atoms with Gasteiger partial charge in [0.05, 0.1) is 0 Å². The molecule has 4 saturated carbocycles. The summed E-state index contributed by atoms with van der Waals surface area (Å²) in [6, 6.07) is 0.149. The number of sulfonamides is 1. The maximum atomic E-state index is 14.2. The van der Waals surface area contributed by atoms with Crippen LogP contribution in [0.2, 0.25) is 0 Å². The van der Waals surface area contributed by atoms with Gasteiger partial charge in [0.2, 0.25) is 0 Å². The molecule has 1 N–H and O–H groups in total. The van der Waals surface area contributed by atoms with Gasteiger partial charge in [-0.2, -0.15) is 0 Å². The fourth-order valence-electron chi connectivity index (χ4n) is 4.49. The van der Waals surface area contributed by atoms with E-state index in [1.807, 2.05) is 0 Å².